The highest BCUT2D eigenvalue weighted by Gasteiger charge is 2.30. The standard InChI is InChI=1S/C23H31N3O4.ClH/c1-15(2)26-19-6-4-3-5-18(19)21(27)20(23(26)29)22(28)24-16-7-9-17(10-8-16)25-11-13-30-14-12-25;/h3-6,15-17,27H,7-14H2,1-2H3,(H,24,28);1H. The Morgan fingerprint density at radius 2 is 1.77 bits per heavy atom. The number of halogens is 1. The van der Waals surface area contributed by atoms with E-state index in [1.54, 1.807) is 22.8 Å². The van der Waals surface area contributed by atoms with E-state index < -0.39 is 11.5 Å². The first-order chi connectivity index (χ1) is 14.5. The smallest absolute Gasteiger partial charge is 0.267 e. The maximum atomic E-state index is 13.1. The lowest BCUT2D eigenvalue weighted by molar-refractivity contribution is 0.00664. The zero-order valence-electron chi connectivity index (χ0n) is 18.2. The molecule has 0 bridgehead atoms. The van der Waals surface area contributed by atoms with Crippen molar-refractivity contribution in [2.75, 3.05) is 26.3 Å². The summed E-state index contributed by atoms with van der Waals surface area (Å²) in [6.45, 7) is 7.34. The van der Waals surface area contributed by atoms with E-state index in [1.807, 2.05) is 19.9 Å². The van der Waals surface area contributed by atoms with Crippen molar-refractivity contribution >= 4 is 29.2 Å². The Balaban J connectivity index is 0.00000272. The van der Waals surface area contributed by atoms with Crippen LogP contribution in [0.1, 0.15) is 55.9 Å². The average Bonchev–Trinajstić information content (AvgIpc) is 2.75. The zero-order valence-corrected chi connectivity index (χ0v) is 19.0. The fraction of sp³-hybridized carbons (Fsp3) is 0.565. The van der Waals surface area contributed by atoms with Crippen LogP contribution in [0.5, 0.6) is 5.75 Å². The second-order valence-electron chi connectivity index (χ2n) is 8.64. The highest BCUT2D eigenvalue weighted by molar-refractivity contribution is 6.02. The summed E-state index contributed by atoms with van der Waals surface area (Å²) >= 11 is 0. The lowest BCUT2D eigenvalue weighted by atomic mass is 9.89. The fourth-order valence-corrected chi connectivity index (χ4v) is 4.85. The molecule has 170 valence electrons. The molecule has 0 unspecified atom stereocenters. The second-order valence-corrected chi connectivity index (χ2v) is 8.64. The summed E-state index contributed by atoms with van der Waals surface area (Å²) in [7, 11) is 0. The zero-order chi connectivity index (χ0) is 21.3. The number of pyridine rings is 1. The SMILES string of the molecule is CC(C)n1c(=O)c(C(=O)NC2CCC(N3CCOCC3)CC2)c(O)c2ccccc21.Cl. The monoisotopic (exact) mass is 449 g/mol. The number of hydrogen-bond donors (Lipinski definition) is 2. The number of morpholine rings is 1. The van der Waals surface area contributed by atoms with Gasteiger partial charge in [-0.2, -0.15) is 0 Å². The van der Waals surface area contributed by atoms with Crippen LogP contribution in [0.15, 0.2) is 29.1 Å². The molecule has 1 aromatic heterocycles. The Hall–Kier alpha value is -2.09. The van der Waals surface area contributed by atoms with Crippen molar-refractivity contribution in [3.8, 4) is 5.75 Å². The Bertz CT molecular complexity index is 977. The molecule has 2 aromatic rings. The van der Waals surface area contributed by atoms with Gasteiger partial charge in [0.2, 0.25) is 0 Å². The predicted molar refractivity (Wildman–Crippen MR) is 123 cm³/mol. The normalized spacial score (nSPS) is 22.3. The van der Waals surface area contributed by atoms with Crippen LogP contribution >= 0.6 is 12.4 Å². The number of amides is 1. The number of aromatic nitrogens is 1. The second kappa shape index (κ2) is 10.0. The third-order valence-electron chi connectivity index (χ3n) is 6.43. The molecule has 2 heterocycles. The number of benzene rings is 1. The van der Waals surface area contributed by atoms with Crippen LogP contribution in [0.4, 0.5) is 0 Å². The number of carbonyl (C=O) groups excluding carboxylic acids is 1. The molecular weight excluding hydrogens is 418 g/mol. The van der Waals surface area contributed by atoms with E-state index in [-0.39, 0.29) is 35.8 Å². The molecule has 1 aliphatic heterocycles. The van der Waals surface area contributed by atoms with Crippen LogP contribution in [0.2, 0.25) is 0 Å². The lowest BCUT2D eigenvalue weighted by Gasteiger charge is -2.38. The van der Waals surface area contributed by atoms with E-state index in [2.05, 4.69) is 10.2 Å². The van der Waals surface area contributed by atoms with E-state index in [0.717, 1.165) is 52.0 Å². The molecule has 4 rings (SSSR count). The number of aromatic hydroxyl groups is 1. The molecular formula is C23H32ClN3O4. The lowest BCUT2D eigenvalue weighted by Crippen LogP contribution is -2.48. The fourth-order valence-electron chi connectivity index (χ4n) is 4.85. The number of hydrogen-bond acceptors (Lipinski definition) is 5. The first-order valence-electron chi connectivity index (χ1n) is 11.0. The Kier molecular flexibility index (Phi) is 7.62. The van der Waals surface area contributed by atoms with Crippen LogP contribution in [0, 0.1) is 0 Å². The van der Waals surface area contributed by atoms with Gasteiger partial charge in [-0.15, -0.1) is 12.4 Å². The van der Waals surface area contributed by atoms with Crippen molar-refractivity contribution in [1.82, 2.24) is 14.8 Å². The summed E-state index contributed by atoms with van der Waals surface area (Å²) in [6, 6.07) is 7.59. The number of ether oxygens (including phenoxy) is 1. The molecule has 0 radical (unpaired) electrons. The van der Waals surface area contributed by atoms with E-state index in [9.17, 15) is 14.7 Å². The van der Waals surface area contributed by atoms with Crippen LogP contribution in [-0.2, 0) is 4.74 Å². The van der Waals surface area contributed by atoms with Gasteiger partial charge in [-0.05, 0) is 51.7 Å². The quantitative estimate of drug-likeness (QED) is 0.749. The molecule has 1 aromatic carbocycles. The molecule has 2 N–H and O–H groups in total. The Morgan fingerprint density at radius 1 is 1.13 bits per heavy atom. The minimum absolute atomic E-state index is 0. The van der Waals surface area contributed by atoms with E-state index >= 15 is 0 Å². The number of rotatable bonds is 4. The van der Waals surface area contributed by atoms with Crippen molar-refractivity contribution in [1.29, 1.82) is 0 Å². The maximum Gasteiger partial charge on any atom is 0.267 e. The molecule has 0 spiro atoms. The number of nitrogens with zero attached hydrogens (tertiary/aromatic N) is 2. The van der Waals surface area contributed by atoms with Gasteiger partial charge in [0, 0.05) is 36.6 Å². The highest BCUT2D eigenvalue weighted by atomic mass is 35.5. The van der Waals surface area contributed by atoms with Gasteiger partial charge in [-0.3, -0.25) is 14.5 Å². The third-order valence-corrected chi connectivity index (χ3v) is 6.43. The van der Waals surface area contributed by atoms with Crippen molar-refractivity contribution in [3.63, 3.8) is 0 Å². The summed E-state index contributed by atoms with van der Waals surface area (Å²) in [5, 5.41) is 14.3. The van der Waals surface area contributed by atoms with Crippen LogP contribution in [0.25, 0.3) is 10.9 Å². The highest BCUT2D eigenvalue weighted by Crippen LogP contribution is 2.29. The Morgan fingerprint density at radius 3 is 2.42 bits per heavy atom. The first kappa shape index (κ1) is 23.6. The van der Waals surface area contributed by atoms with Gasteiger partial charge in [0.05, 0.1) is 18.7 Å². The molecule has 2 fully saturated rings. The molecule has 1 saturated heterocycles. The van der Waals surface area contributed by atoms with Gasteiger partial charge in [-0.25, -0.2) is 0 Å². The minimum atomic E-state index is -0.479. The number of nitrogens with one attached hydrogen (secondary N) is 1. The van der Waals surface area contributed by atoms with Crippen LogP contribution in [-0.4, -0.2) is 58.9 Å². The van der Waals surface area contributed by atoms with Gasteiger partial charge >= 0.3 is 0 Å². The summed E-state index contributed by atoms with van der Waals surface area (Å²) in [4.78, 5) is 28.6. The predicted octanol–water partition coefficient (Wildman–Crippen LogP) is 3.08. The topological polar surface area (TPSA) is 83.8 Å². The van der Waals surface area contributed by atoms with E-state index in [4.69, 9.17) is 4.74 Å². The van der Waals surface area contributed by atoms with Crippen molar-refractivity contribution in [2.45, 2.75) is 57.7 Å². The van der Waals surface area contributed by atoms with Gasteiger partial charge < -0.3 is 19.7 Å². The molecule has 0 atom stereocenters. The van der Waals surface area contributed by atoms with Crippen LogP contribution < -0.4 is 10.9 Å². The summed E-state index contributed by atoms with van der Waals surface area (Å²) in [5.41, 5.74) is 0.0379. The van der Waals surface area contributed by atoms with Crippen LogP contribution in [0.3, 0.4) is 0 Å². The molecule has 31 heavy (non-hydrogen) atoms. The summed E-state index contributed by atoms with van der Waals surface area (Å²) < 4.78 is 7.02. The van der Waals surface area contributed by atoms with Gasteiger partial charge in [0.15, 0.2) is 0 Å². The summed E-state index contributed by atoms with van der Waals surface area (Å²) in [6.07, 6.45) is 3.79. The van der Waals surface area contributed by atoms with Crippen molar-refractivity contribution in [3.05, 3.63) is 40.2 Å². The number of para-hydroxylation sites is 1. The third kappa shape index (κ3) is 4.73. The Labute approximate surface area is 188 Å². The van der Waals surface area contributed by atoms with Crippen molar-refractivity contribution in [2.24, 2.45) is 0 Å². The van der Waals surface area contributed by atoms with Gasteiger partial charge in [0.1, 0.15) is 11.3 Å². The van der Waals surface area contributed by atoms with Gasteiger partial charge in [-0.1, -0.05) is 12.1 Å². The van der Waals surface area contributed by atoms with Crippen molar-refractivity contribution < 1.29 is 14.6 Å². The van der Waals surface area contributed by atoms with E-state index in [0.29, 0.717) is 16.9 Å². The molecule has 1 amide bonds. The molecule has 1 aliphatic carbocycles. The molecule has 1 saturated carbocycles. The van der Waals surface area contributed by atoms with E-state index in [1.165, 1.54) is 0 Å². The number of carbonyl (C=O) groups is 1. The van der Waals surface area contributed by atoms with Gasteiger partial charge in [0.25, 0.3) is 11.5 Å². The summed E-state index contributed by atoms with van der Waals surface area (Å²) in [5.74, 6) is -0.709. The molecule has 8 heteroatoms. The number of fused-ring (bicyclic) bond motifs is 1. The first-order valence-corrected chi connectivity index (χ1v) is 11.0. The maximum absolute atomic E-state index is 13.1. The molecule has 2 aliphatic rings. The minimum Gasteiger partial charge on any atom is -0.506 e. The average molecular weight is 450 g/mol. The largest absolute Gasteiger partial charge is 0.506 e. The molecule has 7 nitrogen and oxygen atoms in total.